The molecule has 0 aromatic carbocycles. The topological polar surface area (TPSA) is 164 Å². The second-order valence-corrected chi connectivity index (χ2v) is 5.15. The molecule has 1 aliphatic rings. The lowest BCUT2D eigenvalue weighted by molar-refractivity contribution is -0.271. The minimum Gasteiger partial charge on any atom is -0.413 e. The number of hydrogen-bond acceptors (Lipinski definition) is 12. The number of rotatable bonds is 5. The van der Waals surface area contributed by atoms with Crippen LogP contribution in [-0.4, -0.2) is 66.3 Å². The summed E-state index contributed by atoms with van der Waals surface area (Å²) in [4.78, 5) is 63.6. The zero-order valence-corrected chi connectivity index (χ0v) is 14.0. The first kappa shape index (κ1) is 23.1. The van der Waals surface area contributed by atoms with E-state index in [-0.39, 0.29) is 6.42 Å². The fourth-order valence-corrected chi connectivity index (χ4v) is 1.66. The monoisotopic (exact) mass is 417 g/mol. The summed E-state index contributed by atoms with van der Waals surface area (Å²) in [6.45, 7) is 1.31. The molecule has 3 atom stereocenters. The van der Waals surface area contributed by atoms with Crippen LogP contribution in [0.5, 0.6) is 0 Å². The summed E-state index contributed by atoms with van der Waals surface area (Å²) in [5.41, 5.74) is 0. The van der Waals surface area contributed by atoms with E-state index in [2.05, 4.69) is 29.3 Å². The van der Waals surface area contributed by atoms with Gasteiger partial charge in [-0.3, -0.25) is 4.79 Å². The van der Waals surface area contributed by atoms with Crippen molar-refractivity contribution in [1.82, 2.24) is 5.32 Å². The van der Waals surface area contributed by atoms with Gasteiger partial charge in [-0.2, -0.15) is 18.0 Å². The van der Waals surface area contributed by atoms with E-state index in [0.29, 0.717) is 13.0 Å². The third-order valence-electron chi connectivity index (χ3n) is 2.92. The molecule has 1 heterocycles. The Kier molecular flexibility index (Phi) is 8.12. The zero-order valence-electron chi connectivity index (χ0n) is 14.0. The third-order valence-corrected chi connectivity index (χ3v) is 2.92. The number of esters is 3. The second kappa shape index (κ2) is 9.84. The minimum atomic E-state index is -5.54. The van der Waals surface area contributed by atoms with Crippen molar-refractivity contribution >= 4 is 30.0 Å². The van der Waals surface area contributed by atoms with Crippen LogP contribution in [0.3, 0.4) is 0 Å². The highest BCUT2D eigenvalue weighted by Crippen LogP contribution is 2.19. The number of ether oxygens (including phenoxy) is 3. The average molecular weight is 417 g/mol. The predicted molar refractivity (Wildman–Crippen MR) is 73.4 cm³/mol. The molecule has 1 saturated heterocycles. The number of alkyl halides is 3. The van der Waals surface area contributed by atoms with Gasteiger partial charge in [0.05, 0.1) is 0 Å². The van der Waals surface area contributed by atoms with Crippen molar-refractivity contribution in [2.24, 2.45) is 0 Å². The fraction of sp³-hybridized carbons (Fsp3) is 0.615. The maximum Gasteiger partial charge on any atom is 0.558 e. The van der Waals surface area contributed by atoms with Crippen molar-refractivity contribution in [2.45, 2.75) is 44.4 Å². The summed E-state index contributed by atoms with van der Waals surface area (Å²) in [5, 5.41) is 11.4. The van der Waals surface area contributed by atoms with Gasteiger partial charge in [-0.15, -0.1) is 0 Å². The molecule has 0 aliphatic carbocycles. The molecule has 0 aromatic rings. The Balaban J connectivity index is 2.72. The largest absolute Gasteiger partial charge is 0.558 e. The third kappa shape index (κ3) is 7.36. The summed E-state index contributed by atoms with van der Waals surface area (Å²) in [6, 6.07) is -0.977. The number of carbonyl (C=O) groups excluding carboxylic acids is 5. The lowest BCUT2D eigenvalue weighted by atomic mass is 10.2. The van der Waals surface area contributed by atoms with Crippen molar-refractivity contribution in [3.63, 3.8) is 0 Å². The first-order chi connectivity index (χ1) is 12.9. The van der Waals surface area contributed by atoms with Crippen LogP contribution in [0.15, 0.2) is 0 Å². The van der Waals surface area contributed by atoms with E-state index in [0.717, 1.165) is 6.92 Å². The summed E-state index contributed by atoms with van der Waals surface area (Å²) in [6.07, 6.45) is -11.4. The molecule has 12 nitrogen and oxygen atoms in total. The lowest BCUT2D eigenvalue weighted by Crippen LogP contribution is -2.42. The Labute approximate surface area is 153 Å². The van der Waals surface area contributed by atoms with Gasteiger partial charge in [0.25, 0.3) is 0 Å². The molecule has 1 aliphatic heterocycles. The standard InChI is InChI=1S/C13H14F3NO11/c1-5(18)7(19)25-12(23)28-27-9(21)10(26-11(22)13(14,15)16)24-8(20)6-3-2-4-17-6/h5-6,10,17-18H,2-4H2,1H3. The highest BCUT2D eigenvalue weighted by atomic mass is 19.4. The van der Waals surface area contributed by atoms with Crippen molar-refractivity contribution in [3.8, 4) is 0 Å². The molecular weight excluding hydrogens is 403 g/mol. The number of aliphatic hydroxyl groups is 1. The Morgan fingerprint density at radius 3 is 2.21 bits per heavy atom. The van der Waals surface area contributed by atoms with Crippen molar-refractivity contribution in [3.05, 3.63) is 0 Å². The van der Waals surface area contributed by atoms with Crippen LogP contribution in [-0.2, 0) is 43.2 Å². The first-order valence-electron chi connectivity index (χ1n) is 7.45. The highest BCUT2D eigenvalue weighted by molar-refractivity contribution is 5.86. The molecule has 0 aromatic heterocycles. The number of nitrogens with one attached hydrogen (secondary N) is 1. The average Bonchev–Trinajstić information content (AvgIpc) is 3.12. The van der Waals surface area contributed by atoms with Crippen molar-refractivity contribution in [2.75, 3.05) is 6.54 Å². The molecule has 0 bridgehead atoms. The van der Waals surface area contributed by atoms with Gasteiger partial charge in [0.2, 0.25) is 0 Å². The van der Waals surface area contributed by atoms with Gasteiger partial charge in [0.1, 0.15) is 12.1 Å². The van der Waals surface area contributed by atoms with E-state index in [1.54, 1.807) is 0 Å². The molecule has 1 fully saturated rings. The smallest absolute Gasteiger partial charge is 0.413 e. The van der Waals surface area contributed by atoms with Gasteiger partial charge in [0.15, 0.2) is 0 Å². The quantitative estimate of drug-likeness (QED) is 0.189. The van der Waals surface area contributed by atoms with Crippen LogP contribution < -0.4 is 5.32 Å². The summed E-state index contributed by atoms with van der Waals surface area (Å²) in [5.74, 6) is -7.68. The van der Waals surface area contributed by atoms with Gasteiger partial charge < -0.3 is 24.6 Å². The Morgan fingerprint density at radius 2 is 1.71 bits per heavy atom. The summed E-state index contributed by atoms with van der Waals surface area (Å²) < 4.78 is 48.8. The molecule has 0 amide bonds. The van der Waals surface area contributed by atoms with Crippen LogP contribution in [0.2, 0.25) is 0 Å². The van der Waals surface area contributed by atoms with Gasteiger partial charge in [0, 0.05) is 0 Å². The molecule has 28 heavy (non-hydrogen) atoms. The van der Waals surface area contributed by atoms with Gasteiger partial charge >= 0.3 is 42.5 Å². The Hall–Kier alpha value is -2.94. The molecule has 2 N–H and O–H groups in total. The SMILES string of the molecule is CC(O)C(=O)OC(=O)OOC(=O)C(OC(=O)C1CCCN1)OC(=O)C(F)(F)F. The lowest BCUT2D eigenvalue weighted by Gasteiger charge is -2.18. The van der Waals surface area contributed by atoms with E-state index in [1.165, 1.54) is 0 Å². The second-order valence-electron chi connectivity index (χ2n) is 5.15. The maximum absolute atomic E-state index is 12.3. The number of halogens is 3. The molecular formula is C13H14F3NO11. The molecule has 15 heteroatoms. The fourth-order valence-electron chi connectivity index (χ4n) is 1.66. The van der Waals surface area contributed by atoms with Crippen LogP contribution in [0, 0.1) is 0 Å². The Morgan fingerprint density at radius 1 is 1.07 bits per heavy atom. The first-order valence-corrected chi connectivity index (χ1v) is 7.45. The molecule has 0 radical (unpaired) electrons. The van der Waals surface area contributed by atoms with Crippen LogP contribution in [0.25, 0.3) is 0 Å². The van der Waals surface area contributed by atoms with Gasteiger partial charge in [-0.05, 0) is 26.3 Å². The Bertz CT molecular complexity index is 628. The van der Waals surface area contributed by atoms with Gasteiger partial charge in [-0.25, -0.2) is 24.2 Å². The normalized spacial score (nSPS) is 18.4. The molecule has 0 spiro atoms. The molecule has 3 unspecified atom stereocenters. The highest BCUT2D eigenvalue weighted by Gasteiger charge is 2.45. The molecule has 158 valence electrons. The van der Waals surface area contributed by atoms with Crippen LogP contribution in [0.1, 0.15) is 19.8 Å². The van der Waals surface area contributed by atoms with E-state index in [1.807, 2.05) is 0 Å². The van der Waals surface area contributed by atoms with E-state index < -0.39 is 54.6 Å². The molecule has 1 rings (SSSR count). The number of carbonyl (C=O) groups is 5. The zero-order chi connectivity index (χ0) is 21.5. The van der Waals surface area contributed by atoms with Crippen LogP contribution >= 0.6 is 0 Å². The van der Waals surface area contributed by atoms with Gasteiger partial charge in [-0.1, -0.05) is 0 Å². The summed E-state index contributed by atoms with van der Waals surface area (Å²) >= 11 is 0. The number of aliphatic hydroxyl groups excluding tert-OH is 1. The van der Waals surface area contributed by atoms with E-state index in [9.17, 15) is 37.1 Å². The predicted octanol–water partition coefficient (Wildman–Crippen LogP) is -0.768. The summed E-state index contributed by atoms with van der Waals surface area (Å²) in [7, 11) is 0. The van der Waals surface area contributed by atoms with Crippen LogP contribution in [0.4, 0.5) is 18.0 Å². The van der Waals surface area contributed by atoms with E-state index in [4.69, 9.17) is 5.11 Å². The van der Waals surface area contributed by atoms with Crippen molar-refractivity contribution < 1.29 is 66.2 Å². The maximum atomic E-state index is 12.3. The minimum absolute atomic E-state index is 0.234. The van der Waals surface area contributed by atoms with E-state index >= 15 is 0 Å². The molecule has 0 saturated carbocycles. The van der Waals surface area contributed by atoms with Crippen molar-refractivity contribution in [1.29, 1.82) is 0 Å². The number of hydrogen-bond donors (Lipinski definition) is 2.